The summed E-state index contributed by atoms with van der Waals surface area (Å²) in [4.78, 5) is 32.3. The van der Waals surface area contributed by atoms with Gasteiger partial charge in [0.25, 0.3) is 5.91 Å². The van der Waals surface area contributed by atoms with Crippen molar-refractivity contribution in [3.63, 3.8) is 0 Å². The zero-order chi connectivity index (χ0) is 23.9. The van der Waals surface area contributed by atoms with Crippen LogP contribution in [0.4, 0.5) is 0 Å². The first kappa shape index (κ1) is 24.7. The summed E-state index contributed by atoms with van der Waals surface area (Å²) in [7, 11) is 0. The molecule has 0 bridgehead atoms. The van der Waals surface area contributed by atoms with Gasteiger partial charge < -0.3 is 9.80 Å². The molecule has 34 heavy (non-hydrogen) atoms. The number of halogens is 1. The molecule has 1 aliphatic carbocycles. The highest BCUT2D eigenvalue weighted by molar-refractivity contribution is 9.10. The van der Waals surface area contributed by atoms with Crippen molar-refractivity contribution >= 4 is 39.1 Å². The predicted octanol–water partition coefficient (Wildman–Crippen LogP) is 6.82. The van der Waals surface area contributed by atoms with Crippen molar-refractivity contribution in [2.24, 2.45) is 0 Å². The van der Waals surface area contributed by atoms with Gasteiger partial charge in [-0.3, -0.25) is 9.59 Å². The first-order chi connectivity index (χ1) is 16.5. The Bertz CT molecular complexity index is 1110. The van der Waals surface area contributed by atoms with Crippen LogP contribution in [0.15, 0.2) is 70.5 Å². The number of amides is 2. The summed E-state index contributed by atoms with van der Waals surface area (Å²) in [6.07, 6.45) is 5.30. The number of hydrogen-bond acceptors (Lipinski definition) is 3. The van der Waals surface area contributed by atoms with E-state index in [1.54, 1.807) is 11.3 Å². The number of carbonyl (C=O) groups excluding carboxylic acids is 2. The molecule has 0 saturated heterocycles. The van der Waals surface area contributed by atoms with E-state index in [1.165, 1.54) is 16.9 Å². The molecule has 0 N–H and O–H groups in total. The second-order valence-corrected chi connectivity index (χ2v) is 10.9. The molecular formula is C28H31BrN2O2S. The van der Waals surface area contributed by atoms with Gasteiger partial charge in [0.05, 0.1) is 6.54 Å². The van der Waals surface area contributed by atoms with Gasteiger partial charge in [-0.1, -0.05) is 71.6 Å². The normalized spacial score (nSPS) is 14.1. The SMILES string of the molecule is Cc1ccsc1CN(Cc1ccccc1)C(=O)CN(C(=O)c1cccc(Br)c1)C1CCCCC1. The molecule has 2 aromatic carbocycles. The Balaban J connectivity index is 1.59. The summed E-state index contributed by atoms with van der Waals surface area (Å²) >= 11 is 5.16. The van der Waals surface area contributed by atoms with Gasteiger partial charge in [-0.05, 0) is 60.5 Å². The molecule has 2 amide bonds. The van der Waals surface area contributed by atoms with Crippen LogP contribution in [0.25, 0.3) is 0 Å². The van der Waals surface area contributed by atoms with Crippen LogP contribution >= 0.6 is 27.3 Å². The number of benzene rings is 2. The highest BCUT2D eigenvalue weighted by Crippen LogP contribution is 2.26. The van der Waals surface area contributed by atoms with E-state index >= 15 is 0 Å². The smallest absolute Gasteiger partial charge is 0.254 e. The molecule has 1 aromatic heterocycles. The molecule has 4 nitrogen and oxygen atoms in total. The maximum absolute atomic E-state index is 13.8. The van der Waals surface area contributed by atoms with Crippen LogP contribution in [0, 0.1) is 6.92 Å². The summed E-state index contributed by atoms with van der Waals surface area (Å²) < 4.78 is 0.868. The zero-order valence-electron chi connectivity index (χ0n) is 19.6. The molecule has 3 aromatic rings. The number of carbonyl (C=O) groups is 2. The lowest BCUT2D eigenvalue weighted by molar-refractivity contribution is -0.133. The predicted molar refractivity (Wildman–Crippen MR) is 142 cm³/mol. The summed E-state index contributed by atoms with van der Waals surface area (Å²) in [6.45, 7) is 3.27. The molecule has 1 aliphatic rings. The van der Waals surface area contributed by atoms with Crippen LogP contribution in [0.1, 0.15) is 58.5 Å². The Morgan fingerprint density at radius 2 is 1.74 bits per heavy atom. The van der Waals surface area contributed by atoms with E-state index in [0.717, 1.165) is 35.7 Å². The Hall–Kier alpha value is -2.44. The maximum atomic E-state index is 13.8. The Morgan fingerprint density at radius 3 is 2.41 bits per heavy atom. The van der Waals surface area contributed by atoms with Gasteiger partial charge in [0.1, 0.15) is 6.54 Å². The van der Waals surface area contributed by atoms with Gasteiger partial charge in [-0.25, -0.2) is 0 Å². The van der Waals surface area contributed by atoms with Crippen molar-refractivity contribution in [1.82, 2.24) is 9.80 Å². The molecule has 1 heterocycles. The third kappa shape index (κ3) is 6.36. The van der Waals surface area contributed by atoms with Gasteiger partial charge in [0, 0.05) is 27.5 Å². The molecule has 4 rings (SSSR count). The van der Waals surface area contributed by atoms with Crippen LogP contribution in [0.5, 0.6) is 0 Å². The van der Waals surface area contributed by atoms with Gasteiger partial charge in [-0.2, -0.15) is 0 Å². The van der Waals surface area contributed by atoms with Crippen LogP contribution < -0.4 is 0 Å². The quantitative estimate of drug-likeness (QED) is 0.315. The topological polar surface area (TPSA) is 40.6 Å². The minimum Gasteiger partial charge on any atom is -0.332 e. The second-order valence-electron chi connectivity index (χ2n) is 9.00. The lowest BCUT2D eigenvalue weighted by Gasteiger charge is -2.35. The Labute approximate surface area is 214 Å². The first-order valence-corrected chi connectivity index (χ1v) is 13.6. The number of thiophene rings is 1. The monoisotopic (exact) mass is 538 g/mol. The average Bonchev–Trinajstić information content (AvgIpc) is 3.27. The molecule has 0 radical (unpaired) electrons. The van der Waals surface area contributed by atoms with Crippen LogP contribution in [0.2, 0.25) is 0 Å². The van der Waals surface area contributed by atoms with Crippen molar-refractivity contribution in [3.8, 4) is 0 Å². The third-order valence-electron chi connectivity index (χ3n) is 6.53. The molecular weight excluding hydrogens is 508 g/mol. The van der Waals surface area contributed by atoms with Crippen LogP contribution in [0.3, 0.4) is 0 Å². The molecule has 1 saturated carbocycles. The van der Waals surface area contributed by atoms with E-state index in [0.29, 0.717) is 18.7 Å². The second kappa shape index (κ2) is 11.8. The zero-order valence-corrected chi connectivity index (χ0v) is 22.0. The molecule has 0 spiro atoms. The van der Waals surface area contributed by atoms with E-state index in [1.807, 2.05) is 64.4 Å². The molecule has 1 fully saturated rings. The number of nitrogens with zero attached hydrogens (tertiary/aromatic N) is 2. The van der Waals surface area contributed by atoms with Crippen molar-refractivity contribution in [2.75, 3.05) is 6.54 Å². The Kier molecular flexibility index (Phi) is 8.57. The standard InChI is InChI=1S/C28H31BrN2O2S/c1-21-15-16-34-26(21)19-30(18-22-9-4-2-5-10-22)27(32)20-31(25-13-6-3-7-14-25)28(33)23-11-8-12-24(29)17-23/h2,4-5,8-12,15-17,25H,3,6-7,13-14,18-20H2,1H3. The minimum absolute atomic E-state index is 0.00873. The van der Waals surface area contributed by atoms with Gasteiger partial charge in [0.2, 0.25) is 5.91 Å². The van der Waals surface area contributed by atoms with E-state index < -0.39 is 0 Å². The fraction of sp³-hybridized carbons (Fsp3) is 0.357. The van der Waals surface area contributed by atoms with Crippen molar-refractivity contribution in [2.45, 2.75) is 58.2 Å². The van der Waals surface area contributed by atoms with Crippen molar-refractivity contribution < 1.29 is 9.59 Å². The van der Waals surface area contributed by atoms with E-state index in [9.17, 15) is 9.59 Å². The van der Waals surface area contributed by atoms with Crippen molar-refractivity contribution in [3.05, 3.63) is 92.1 Å². The lowest BCUT2D eigenvalue weighted by Crippen LogP contribution is -2.48. The maximum Gasteiger partial charge on any atom is 0.254 e. The minimum atomic E-state index is -0.0616. The number of rotatable bonds is 8. The summed E-state index contributed by atoms with van der Waals surface area (Å²) in [5, 5.41) is 2.07. The Morgan fingerprint density at radius 1 is 0.971 bits per heavy atom. The van der Waals surface area contributed by atoms with E-state index in [-0.39, 0.29) is 24.4 Å². The lowest BCUT2D eigenvalue weighted by atomic mass is 9.93. The summed E-state index contributed by atoms with van der Waals surface area (Å²) in [5.74, 6) is -0.0703. The molecule has 0 aliphatic heterocycles. The number of hydrogen-bond donors (Lipinski definition) is 0. The van der Waals surface area contributed by atoms with Gasteiger partial charge in [-0.15, -0.1) is 11.3 Å². The van der Waals surface area contributed by atoms with E-state index in [2.05, 4.69) is 34.3 Å². The molecule has 0 unspecified atom stereocenters. The van der Waals surface area contributed by atoms with Crippen LogP contribution in [-0.2, 0) is 17.9 Å². The largest absolute Gasteiger partial charge is 0.332 e. The average molecular weight is 540 g/mol. The van der Waals surface area contributed by atoms with Crippen molar-refractivity contribution in [1.29, 1.82) is 0 Å². The number of aryl methyl sites for hydroxylation is 1. The van der Waals surface area contributed by atoms with Gasteiger partial charge in [0.15, 0.2) is 0 Å². The van der Waals surface area contributed by atoms with Crippen LogP contribution in [-0.4, -0.2) is 34.2 Å². The highest BCUT2D eigenvalue weighted by Gasteiger charge is 2.30. The fourth-order valence-corrected chi connectivity index (χ4v) is 5.89. The molecule has 0 atom stereocenters. The third-order valence-corrected chi connectivity index (χ3v) is 8.03. The molecule has 178 valence electrons. The molecule has 6 heteroatoms. The van der Waals surface area contributed by atoms with E-state index in [4.69, 9.17) is 0 Å². The summed E-state index contributed by atoms with van der Waals surface area (Å²) in [5.41, 5.74) is 2.91. The fourth-order valence-electron chi connectivity index (χ4n) is 4.57. The first-order valence-electron chi connectivity index (χ1n) is 11.9. The summed E-state index contributed by atoms with van der Waals surface area (Å²) in [6, 6.07) is 19.8. The van der Waals surface area contributed by atoms with Gasteiger partial charge >= 0.3 is 0 Å². The highest BCUT2D eigenvalue weighted by atomic mass is 79.9.